The molecule has 3 amide bonds. The molecule has 2 saturated heterocycles. The molecule has 3 aromatic carbocycles. The molecular weight excluding hydrogens is 675 g/mol. The van der Waals surface area contributed by atoms with Crippen LogP contribution in [0.15, 0.2) is 77.9 Å². The maximum atomic E-state index is 16.3. The first-order valence-corrected chi connectivity index (χ1v) is 20.7. The molecule has 4 heterocycles. The molecule has 4 aliphatic rings. The summed E-state index contributed by atoms with van der Waals surface area (Å²) in [5.41, 5.74) is 2.13. The molecule has 0 radical (unpaired) electrons. The van der Waals surface area contributed by atoms with E-state index in [1.165, 1.54) is 5.01 Å². The Morgan fingerprint density at radius 3 is 2.60 bits per heavy atom. The Balaban J connectivity index is 1.21. The van der Waals surface area contributed by atoms with Gasteiger partial charge in [0.2, 0.25) is 20.2 Å². The van der Waals surface area contributed by atoms with E-state index in [-0.39, 0.29) is 43.3 Å². The van der Waals surface area contributed by atoms with Gasteiger partial charge in [-0.25, -0.2) is 5.01 Å². The summed E-state index contributed by atoms with van der Waals surface area (Å²) in [6.45, 7) is 5.63. The van der Waals surface area contributed by atoms with Gasteiger partial charge in [0.1, 0.15) is 0 Å². The summed E-state index contributed by atoms with van der Waals surface area (Å²) in [5, 5.41) is 16.4. The Bertz CT molecular complexity index is 1850. The highest BCUT2D eigenvalue weighted by molar-refractivity contribution is 6.72. The maximum absolute atomic E-state index is 16.3. The first kappa shape index (κ1) is 34.5. The van der Waals surface area contributed by atoms with Crippen LogP contribution in [0.4, 0.5) is 15.5 Å². The van der Waals surface area contributed by atoms with Gasteiger partial charge in [0.15, 0.2) is 5.60 Å². The fourth-order valence-corrected chi connectivity index (χ4v) is 11.2. The first-order chi connectivity index (χ1) is 23.9. The van der Waals surface area contributed by atoms with Crippen molar-refractivity contribution in [2.45, 2.75) is 82.0 Å². The van der Waals surface area contributed by atoms with Crippen LogP contribution in [0, 0.1) is 5.92 Å². The van der Waals surface area contributed by atoms with Crippen LogP contribution in [-0.2, 0) is 31.3 Å². The third-order valence-electron chi connectivity index (χ3n) is 10.8. The highest BCUT2D eigenvalue weighted by atomic mass is 35.5. The van der Waals surface area contributed by atoms with E-state index in [9.17, 15) is 19.5 Å². The highest BCUT2D eigenvalue weighted by Crippen LogP contribution is 2.60. The summed E-state index contributed by atoms with van der Waals surface area (Å²) >= 11 is 6.54. The monoisotopic (exact) mass is 716 g/mol. The van der Waals surface area contributed by atoms with Gasteiger partial charge in [-0.15, -0.1) is 0 Å². The van der Waals surface area contributed by atoms with E-state index in [4.69, 9.17) is 21.4 Å². The molecule has 1 spiro atoms. The third-order valence-corrected chi connectivity index (χ3v) is 13.5. The number of aliphatic hydroxyl groups is 1. The molecule has 262 valence electrons. The van der Waals surface area contributed by atoms with Crippen molar-refractivity contribution in [1.29, 1.82) is 0 Å². The highest BCUT2D eigenvalue weighted by Gasteiger charge is 2.67. The van der Waals surface area contributed by atoms with Gasteiger partial charge in [0.05, 0.1) is 48.8 Å². The van der Waals surface area contributed by atoms with Gasteiger partial charge < -0.3 is 23.8 Å². The molecule has 7 rings (SSSR count). The molecule has 4 aliphatic heterocycles. The average Bonchev–Trinajstić information content (AvgIpc) is 3.76. The number of anilines is 2. The molecule has 0 bridgehead atoms. The predicted molar refractivity (Wildman–Crippen MR) is 193 cm³/mol. The van der Waals surface area contributed by atoms with Crippen LogP contribution in [0.1, 0.15) is 55.7 Å². The van der Waals surface area contributed by atoms with Gasteiger partial charge in [-0.05, 0) is 67.4 Å². The number of aliphatic hydroxyl groups excluding tert-OH is 1. The minimum absolute atomic E-state index is 0.0752. The number of amides is 3. The Kier molecular flexibility index (Phi) is 9.21. The molecule has 0 saturated carbocycles. The topological polar surface area (TPSA) is 103 Å². The number of carbonyl (C=O) groups excluding carboxylic acids is 3. The van der Waals surface area contributed by atoms with E-state index in [0.717, 1.165) is 23.3 Å². The number of carbonyl (C=O) groups is 3. The second kappa shape index (κ2) is 13.3. The molecular formula is C38H42ClFN4O5Si. The Morgan fingerprint density at radius 1 is 1.08 bits per heavy atom. The molecule has 5 atom stereocenters. The Hall–Kier alpha value is -3.90. The molecule has 0 aromatic heterocycles. The molecule has 0 aliphatic carbocycles. The van der Waals surface area contributed by atoms with Crippen LogP contribution in [-0.4, -0.2) is 67.1 Å². The SMILES string of the molecule is C[C@@H]1[C@@H]([Si](C)(C)F)[C@H](CC(=O)N2CCC[C@H]2CO)O[C@@]12C(=O)N(Cc1cccc(N3N=C(c4ccccc4)CCC3=O)c1)c1ccc(Cl)cc12. The standard InChI is InChI=1S/C38H42ClFN4O5Si/c1-24-36(50(2,3)40)33(21-35(47)42-18-8-13-29(42)23-45)49-38(24)30-20-27(39)14-16-32(30)43(37(38)48)22-25-9-7-12-28(19-25)44-34(46)17-15-31(41-44)26-10-5-4-6-11-26/h4-7,9-12,14,16,19-20,24,29,33,36,45H,8,13,15,17-18,21-23H2,1-3H3/t24-,29+,33+,36-,38+/m1/s1. The number of hydrogen-bond donors (Lipinski definition) is 1. The lowest BCUT2D eigenvalue weighted by Gasteiger charge is -2.31. The zero-order chi connectivity index (χ0) is 35.4. The molecule has 9 nitrogen and oxygen atoms in total. The van der Waals surface area contributed by atoms with E-state index in [1.54, 1.807) is 41.1 Å². The number of hydrazone groups is 1. The largest absolute Gasteiger partial charge is 0.394 e. The second-order valence-electron chi connectivity index (χ2n) is 14.4. The zero-order valence-corrected chi connectivity index (χ0v) is 30.3. The zero-order valence-electron chi connectivity index (χ0n) is 28.5. The minimum atomic E-state index is -3.50. The maximum Gasteiger partial charge on any atom is 0.264 e. The van der Waals surface area contributed by atoms with Crippen molar-refractivity contribution in [2.24, 2.45) is 11.0 Å². The fraction of sp³-hybridized carbons (Fsp3) is 0.421. The first-order valence-electron chi connectivity index (χ1n) is 17.4. The Morgan fingerprint density at radius 2 is 1.86 bits per heavy atom. The van der Waals surface area contributed by atoms with Gasteiger partial charge in [-0.1, -0.05) is 61.0 Å². The number of benzene rings is 3. The number of ether oxygens (including phenoxy) is 1. The quantitative estimate of drug-likeness (QED) is 0.210. The van der Waals surface area contributed by atoms with Crippen molar-refractivity contribution >= 4 is 54.8 Å². The molecule has 0 unspecified atom stereocenters. The van der Waals surface area contributed by atoms with E-state index in [2.05, 4.69) is 0 Å². The lowest BCUT2D eigenvalue weighted by molar-refractivity contribution is -0.150. The van der Waals surface area contributed by atoms with Crippen LogP contribution in [0.5, 0.6) is 0 Å². The van der Waals surface area contributed by atoms with E-state index >= 15 is 4.11 Å². The molecule has 50 heavy (non-hydrogen) atoms. The molecule has 12 heteroatoms. The third kappa shape index (κ3) is 5.97. The van der Waals surface area contributed by atoms with Crippen LogP contribution in [0.2, 0.25) is 23.7 Å². The van der Waals surface area contributed by atoms with Gasteiger partial charge in [-0.3, -0.25) is 14.4 Å². The van der Waals surface area contributed by atoms with E-state index in [0.29, 0.717) is 47.8 Å². The summed E-state index contributed by atoms with van der Waals surface area (Å²) in [7, 11) is -3.50. The van der Waals surface area contributed by atoms with E-state index < -0.39 is 31.6 Å². The van der Waals surface area contributed by atoms with Gasteiger partial charge in [0, 0.05) is 41.4 Å². The van der Waals surface area contributed by atoms with Crippen LogP contribution < -0.4 is 9.91 Å². The summed E-state index contributed by atoms with van der Waals surface area (Å²) in [4.78, 5) is 44.8. The summed E-state index contributed by atoms with van der Waals surface area (Å²) < 4.78 is 23.1. The smallest absolute Gasteiger partial charge is 0.264 e. The molecule has 1 N–H and O–H groups in total. The van der Waals surface area contributed by atoms with Crippen molar-refractivity contribution in [3.8, 4) is 0 Å². The molecule has 2 fully saturated rings. The summed E-state index contributed by atoms with van der Waals surface area (Å²) in [6.07, 6.45) is 1.48. The van der Waals surface area contributed by atoms with Gasteiger partial charge in [-0.2, -0.15) is 5.10 Å². The lowest BCUT2D eigenvalue weighted by atomic mass is 9.82. The van der Waals surface area contributed by atoms with Crippen molar-refractivity contribution < 1.29 is 28.3 Å². The van der Waals surface area contributed by atoms with Gasteiger partial charge >= 0.3 is 0 Å². The predicted octanol–water partition coefficient (Wildman–Crippen LogP) is 6.57. The number of nitrogens with zero attached hydrogens (tertiary/aromatic N) is 4. The number of rotatable bonds is 8. The molecule has 3 aromatic rings. The van der Waals surface area contributed by atoms with Crippen molar-refractivity contribution in [2.75, 3.05) is 23.1 Å². The summed E-state index contributed by atoms with van der Waals surface area (Å²) in [6, 6.07) is 22.2. The van der Waals surface area contributed by atoms with Crippen LogP contribution >= 0.6 is 11.6 Å². The van der Waals surface area contributed by atoms with E-state index in [1.807, 2.05) is 61.5 Å². The minimum Gasteiger partial charge on any atom is -0.394 e. The lowest BCUT2D eigenvalue weighted by Crippen LogP contribution is -2.45. The van der Waals surface area contributed by atoms with Gasteiger partial charge in [0.25, 0.3) is 5.91 Å². The Labute approximate surface area is 297 Å². The number of fused-ring (bicyclic) bond motifs is 2. The van der Waals surface area contributed by atoms with Crippen molar-refractivity contribution in [1.82, 2.24) is 4.90 Å². The second-order valence-corrected chi connectivity index (χ2v) is 18.6. The van der Waals surface area contributed by atoms with Crippen LogP contribution in [0.3, 0.4) is 0 Å². The number of hydrogen-bond acceptors (Lipinski definition) is 6. The normalized spacial score (nSPS) is 26.6. The van der Waals surface area contributed by atoms with Crippen molar-refractivity contribution in [3.05, 3.63) is 94.5 Å². The van der Waals surface area contributed by atoms with Crippen molar-refractivity contribution in [3.63, 3.8) is 0 Å². The average molecular weight is 717 g/mol. The number of halogens is 2. The van der Waals surface area contributed by atoms with Crippen LogP contribution in [0.25, 0.3) is 0 Å². The fourth-order valence-electron chi connectivity index (χ4n) is 8.58. The number of likely N-dealkylation sites (tertiary alicyclic amines) is 1. The summed E-state index contributed by atoms with van der Waals surface area (Å²) in [5.74, 6) is -1.24.